The third-order valence-corrected chi connectivity index (χ3v) is 2.54. The predicted molar refractivity (Wildman–Crippen MR) is 70.7 cm³/mol. The second kappa shape index (κ2) is 8.26. The van der Waals surface area contributed by atoms with Gasteiger partial charge in [-0.05, 0) is 18.9 Å². The van der Waals surface area contributed by atoms with Crippen molar-refractivity contribution in [3.05, 3.63) is 35.9 Å². The number of hydrogen-bond acceptors (Lipinski definition) is 3. The predicted octanol–water partition coefficient (Wildman–Crippen LogP) is 1.75. The van der Waals surface area contributed by atoms with E-state index in [4.69, 9.17) is 9.84 Å². The molecule has 1 unspecified atom stereocenters. The topological polar surface area (TPSA) is 75.6 Å². The molecule has 1 rings (SSSR count). The zero-order valence-corrected chi connectivity index (χ0v) is 11.0. The van der Waals surface area contributed by atoms with Gasteiger partial charge in [0.1, 0.15) is 0 Å². The number of aliphatic carboxylic acids is 1. The summed E-state index contributed by atoms with van der Waals surface area (Å²) in [5.74, 6) is -1.10. The molecule has 0 radical (unpaired) electrons. The molecular weight excluding hydrogens is 246 g/mol. The Morgan fingerprint density at radius 1 is 1.32 bits per heavy atom. The zero-order chi connectivity index (χ0) is 14.1. The first-order chi connectivity index (χ1) is 9.15. The molecule has 1 atom stereocenters. The standard InChI is InChI=1S/C14H19NO4/c1-2-19-13(11-7-4-3-5-8-11)14(18)15-10-6-9-12(16)17/h3-5,7-8,13H,2,6,9-10H2,1H3,(H,15,18)(H,16,17). The van der Waals surface area contributed by atoms with E-state index in [0.717, 1.165) is 5.56 Å². The van der Waals surface area contributed by atoms with E-state index in [0.29, 0.717) is 19.6 Å². The fourth-order valence-electron chi connectivity index (χ4n) is 1.66. The minimum absolute atomic E-state index is 0.0465. The van der Waals surface area contributed by atoms with Gasteiger partial charge in [-0.2, -0.15) is 0 Å². The fourth-order valence-corrected chi connectivity index (χ4v) is 1.66. The number of amides is 1. The van der Waals surface area contributed by atoms with Crippen LogP contribution >= 0.6 is 0 Å². The highest BCUT2D eigenvalue weighted by Gasteiger charge is 2.19. The van der Waals surface area contributed by atoms with Crippen LogP contribution in [-0.4, -0.2) is 30.1 Å². The number of nitrogens with one attached hydrogen (secondary N) is 1. The molecule has 19 heavy (non-hydrogen) atoms. The highest BCUT2D eigenvalue weighted by atomic mass is 16.5. The number of carboxylic acid groups (broad SMARTS) is 1. The maximum absolute atomic E-state index is 12.0. The van der Waals surface area contributed by atoms with Gasteiger partial charge in [-0.25, -0.2) is 0 Å². The molecule has 0 bridgehead atoms. The van der Waals surface area contributed by atoms with E-state index in [9.17, 15) is 9.59 Å². The molecule has 0 aliphatic carbocycles. The Hall–Kier alpha value is -1.88. The van der Waals surface area contributed by atoms with E-state index >= 15 is 0 Å². The van der Waals surface area contributed by atoms with Crippen LogP contribution in [0.5, 0.6) is 0 Å². The molecule has 0 aromatic heterocycles. The van der Waals surface area contributed by atoms with Crippen LogP contribution in [-0.2, 0) is 14.3 Å². The summed E-state index contributed by atoms with van der Waals surface area (Å²) in [5, 5.41) is 11.2. The van der Waals surface area contributed by atoms with Crippen molar-refractivity contribution in [3.63, 3.8) is 0 Å². The second-order valence-corrected chi connectivity index (χ2v) is 4.03. The Morgan fingerprint density at radius 2 is 2.00 bits per heavy atom. The summed E-state index contributed by atoms with van der Waals surface area (Å²) in [4.78, 5) is 22.4. The number of carbonyl (C=O) groups is 2. The van der Waals surface area contributed by atoms with Gasteiger partial charge >= 0.3 is 5.97 Å². The summed E-state index contributed by atoms with van der Waals surface area (Å²) >= 11 is 0. The van der Waals surface area contributed by atoms with Gasteiger partial charge in [-0.15, -0.1) is 0 Å². The maximum atomic E-state index is 12.0. The Labute approximate surface area is 112 Å². The number of rotatable bonds is 8. The Morgan fingerprint density at radius 3 is 2.58 bits per heavy atom. The van der Waals surface area contributed by atoms with Crippen molar-refractivity contribution >= 4 is 11.9 Å². The third-order valence-electron chi connectivity index (χ3n) is 2.54. The van der Waals surface area contributed by atoms with Crippen LogP contribution in [0.15, 0.2) is 30.3 Å². The molecule has 5 nitrogen and oxygen atoms in total. The van der Waals surface area contributed by atoms with E-state index in [1.165, 1.54) is 0 Å². The first-order valence-electron chi connectivity index (χ1n) is 6.31. The van der Waals surface area contributed by atoms with Gasteiger partial charge in [0.25, 0.3) is 5.91 Å². The van der Waals surface area contributed by atoms with E-state index in [1.807, 2.05) is 37.3 Å². The first kappa shape index (κ1) is 15.2. The van der Waals surface area contributed by atoms with Crippen molar-refractivity contribution in [2.24, 2.45) is 0 Å². The van der Waals surface area contributed by atoms with E-state index in [2.05, 4.69) is 5.32 Å². The molecule has 0 spiro atoms. The lowest BCUT2D eigenvalue weighted by atomic mass is 10.1. The molecule has 0 aliphatic heterocycles. The molecule has 104 valence electrons. The van der Waals surface area contributed by atoms with Gasteiger partial charge in [0.05, 0.1) is 0 Å². The fraction of sp³-hybridized carbons (Fsp3) is 0.429. The van der Waals surface area contributed by atoms with Gasteiger partial charge in [0, 0.05) is 19.6 Å². The van der Waals surface area contributed by atoms with E-state index in [1.54, 1.807) is 0 Å². The van der Waals surface area contributed by atoms with Crippen molar-refractivity contribution < 1.29 is 19.4 Å². The molecule has 0 fully saturated rings. The molecule has 0 saturated carbocycles. The number of carbonyl (C=O) groups excluding carboxylic acids is 1. The molecule has 1 aromatic carbocycles. The van der Waals surface area contributed by atoms with Crippen LogP contribution in [0.4, 0.5) is 0 Å². The highest BCUT2D eigenvalue weighted by molar-refractivity contribution is 5.82. The number of ether oxygens (including phenoxy) is 1. The molecule has 0 saturated heterocycles. The normalized spacial score (nSPS) is 11.8. The van der Waals surface area contributed by atoms with Crippen molar-refractivity contribution in [2.75, 3.05) is 13.2 Å². The van der Waals surface area contributed by atoms with Gasteiger partial charge in [-0.1, -0.05) is 30.3 Å². The maximum Gasteiger partial charge on any atom is 0.303 e. The zero-order valence-electron chi connectivity index (χ0n) is 11.0. The molecule has 2 N–H and O–H groups in total. The van der Waals surface area contributed by atoms with Gasteiger partial charge in [0.2, 0.25) is 0 Å². The van der Waals surface area contributed by atoms with Gasteiger partial charge in [-0.3, -0.25) is 9.59 Å². The molecular formula is C14H19NO4. The lowest BCUT2D eigenvalue weighted by molar-refractivity contribution is -0.137. The molecule has 0 heterocycles. The van der Waals surface area contributed by atoms with Crippen molar-refractivity contribution in [2.45, 2.75) is 25.9 Å². The van der Waals surface area contributed by atoms with Gasteiger partial charge in [0.15, 0.2) is 6.10 Å². The van der Waals surface area contributed by atoms with Crippen LogP contribution in [0.2, 0.25) is 0 Å². The summed E-state index contributed by atoms with van der Waals surface area (Å²) in [7, 11) is 0. The summed E-state index contributed by atoms with van der Waals surface area (Å²) in [6.07, 6.45) is -0.185. The van der Waals surface area contributed by atoms with Crippen LogP contribution < -0.4 is 5.32 Å². The minimum atomic E-state index is -0.862. The average Bonchev–Trinajstić information content (AvgIpc) is 2.41. The molecule has 0 aliphatic rings. The van der Waals surface area contributed by atoms with E-state index < -0.39 is 12.1 Å². The number of hydrogen-bond donors (Lipinski definition) is 2. The molecule has 1 aromatic rings. The highest BCUT2D eigenvalue weighted by Crippen LogP contribution is 2.17. The lowest BCUT2D eigenvalue weighted by Gasteiger charge is -2.17. The van der Waals surface area contributed by atoms with Crippen LogP contribution in [0.1, 0.15) is 31.4 Å². The first-order valence-corrected chi connectivity index (χ1v) is 6.31. The molecule has 1 amide bonds. The Balaban J connectivity index is 2.52. The average molecular weight is 265 g/mol. The second-order valence-electron chi connectivity index (χ2n) is 4.03. The Bertz CT molecular complexity index is 405. The summed E-state index contributed by atoms with van der Waals surface area (Å²) in [6.45, 7) is 2.59. The van der Waals surface area contributed by atoms with Crippen LogP contribution in [0.3, 0.4) is 0 Å². The van der Waals surface area contributed by atoms with Crippen molar-refractivity contribution in [1.29, 1.82) is 0 Å². The molecule has 5 heteroatoms. The minimum Gasteiger partial charge on any atom is -0.481 e. The monoisotopic (exact) mass is 265 g/mol. The summed E-state index contributed by atoms with van der Waals surface area (Å²) in [5.41, 5.74) is 0.792. The Kier molecular flexibility index (Phi) is 6.60. The summed E-state index contributed by atoms with van der Waals surface area (Å²) in [6, 6.07) is 9.23. The quantitative estimate of drug-likeness (QED) is 0.702. The van der Waals surface area contributed by atoms with Crippen molar-refractivity contribution in [1.82, 2.24) is 5.32 Å². The van der Waals surface area contributed by atoms with Gasteiger partial charge < -0.3 is 15.2 Å². The summed E-state index contributed by atoms with van der Waals surface area (Å²) < 4.78 is 5.44. The van der Waals surface area contributed by atoms with Crippen LogP contribution in [0.25, 0.3) is 0 Å². The number of carboxylic acids is 1. The third kappa shape index (κ3) is 5.52. The number of benzene rings is 1. The van der Waals surface area contributed by atoms with Crippen molar-refractivity contribution in [3.8, 4) is 0 Å². The van der Waals surface area contributed by atoms with E-state index in [-0.39, 0.29) is 12.3 Å². The van der Waals surface area contributed by atoms with Crippen LogP contribution in [0, 0.1) is 0 Å². The lowest BCUT2D eigenvalue weighted by Crippen LogP contribution is -2.31. The smallest absolute Gasteiger partial charge is 0.303 e. The SMILES string of the molecule is CCOC(C(=O)NCCCC(=O)O)c1ccccc1. The largest absolute Gasteiger partial charge is 0.481 e.